The van der Waals surface area contributed by atoms with Crippen LogP contribution < -0.4 is 9.47 Å². The Morgan fingerprint density at radius 3 is 1.13 bits per heavy atom. The maximum atomic E-state index is 13.2. The number of pyridine rings is 2. The Balaban J connectivity index is 0.955. The van der Waals surface area contributed by atoms with Gasteiger partial charge in [-0.25, -0.2) is 19.2 Å². The van der Waals surface area contributed by atoms with E-state index in [0.29, 0.717) is 37.9 Å². The van der Waals surface area contributed by atoms with Gasteiger partial charge in [0.15, 0.2) is 0 Å². The Hall–Kier alpha value is -6.38. The third-order valence-electron chi connectivity index (χ3n) is 11.1. The van der Waals surface area contributed by atoms with E-state index in [2.05, 4.69) is 23.1 Å². The summed E-state index contributed by atoms with van der Waals surface area (Å²) in [6.45, 7) is 9.25. The Morgan fingerprint density at radius 2 is 0.809 bits per heavy atom. The number of unbranched alkanes of at least 4 members (excludes halogenated alkanes) is 14. The molecule has 68 heavy (non-hydrogen) atoms. The number of carbonyl (C=O) groups excluding carboxylic acids is 4. The van der Waals surface area contributed by atoms with Gasteiger partial charge in [-0.2, -0.15) is 0 Å². The van der Waals surface area contributed by atoms with Crippen molar-refractivity contribution in [2.45, 2.75) is 115 Å². The topological polar surface area (TPSA) is 168 Å². The van der Waals surface area contributed by atoms with Gasteiger partial charge in [0.25, 0.3) is 12.6 Å². The summed E-state index contributed by atoms with van der Waals surface area (Å²) in [4.78, 5) is 57.5. The van der Waals surface area contributed by atoms with Crippen LogP contribution in [0.4, 0.5) is 0 Å². The summed E-state index contributed by atoms with van der Waals surface area (Å²) in [5, 5.41) is 0. The van der Waals surface area contributed by atoms with Crippen LogP contribution in [0, 0.1) is 0 Å². The lowest BCUT2D eigenvalue weighted by Crippen LogP contribution is -2.44. The van der Waals surface area contributed by atoms with E-state index in [-0.39, 0.29) is 36.3 Å². The lowest BCUT2D eigenvalue weighted by molar-refractivity contribution is -0.288. The number of ether oxygens (including phenoxy) is 8. The molecule has 14 nitrogen and oxygen atoms in total. The summed E-state index contributed by atoms with van der Waals surface area (Å²) in [6, 6.07) is 21.2. The lowest BCUT2D eigenvalue weighted by atomic mass is 10.1. The molecule has 1 aliphatic rings. The average molecular weight is 935 g/mol. The van der Waals surface area contributed by atoms with Crippen LogP contribution in [0.2, 0.25) is 0 Å². The largest absolute Gasteiger partial charge is 0.492 e. The highest BCUT2D eigenvalue weighted by atomic mass is 16.8. The van der Waals surface area contributed by atoms with Crippen LogP contribution in [-0.4, -0.2) is 86.1 Å². The molecule has 0 spiro atoms. The van der Waals surface area contributed by atoms with Crippen molar-refractivity contribution >= 4 is 23.9 Å². The maximum absolute atomic E-state index is 13.2. The number of hydrogen-bond acceptors (Lipinski definition) is 14. The van der Waals surface area contributed by atoms with Gasteiger partial charge >= 0.3 is 23.9 Å². The summed E-state index contributed by atoms with van der Waals surface area (Å²) in [7, 11) is 0. The standard InChI is InChI=1S/C54H66N2O12/c1-3-49(57)63-35-19-15-11-7-5-9-13-17-33-61-45-29-31-47(55-39-45)41-21-25-43(26-22-41)51(59)67-53-54(66-38-37-65-53)68-52(60)44-27-23-42(24-28-44)48-32-30-46(40-56-48)62-34-18-14-10-6-8-12-16-20-36-64-50(58)4-2/h3-4,21-32,39-40,53-54H,1-2,5-20,33-38H2/t53-,54-/m1/s1. The van der Waals surface area contributed by atoms with Gasteiger partial charge < -0.3 is 37.9 Å². The second-order valence-electron chi connectivity index (χ2n) is 16.3. The summed E-state index contributed by atoms with van der Waals surface area (Å²) in [5.41, 5.74) is 3.62. The molecule has 1 aliphatic heterocycles. The molecule has 0 amide bonds. The number of hydrogen-bond donors (Lipinski definition) is 0. The Morgan fingerprint density at radius 1 is 0.471 bits per heavy atom. The van der Waals surface area contributed by atoms with E-state index in [1.807, 2.05) is 24.3 Å². The highest BCUT2D eigenvalue weighted by Gasteiger charge is 2.34. The zero-order valence-corrected chi connectivity index (χ0v) is 39.2. The predicted octanol–water partition coefficient (Wildman–Crippen LogP) is 11.0. The van der Waals surface area contributed by atoms with E-state index in [1.165, 1.54) is 37.8 Å². The van der Waals surface area contributed by atoms with E-state index in [9.17, 15) is 19.2 Å². The quantitative estimate of drug-likeness (QED) is 0.0196. The van der Waals surface area contributed by atoms with Gasteiger partial charge in [-0.05, 0) is 74.2 Å². The van der Waals surface area contributed by atoms with Gasteiger partial charge in [0.1, 0.15) is 11.5 Å². The van der Waals surface area contributed by atoms with Gasteiger partial charge in [-0.3, -0.25) is 9.97 Å². The van der Waals surface area contributed by atoms with E-state index in [4.69, 9.17) is 37.9 Å². The molecule has 0 radical (unpaired) electrons. The summed E-state index contributed by atoms with van der Waals surface area (Å²) in [5.74, 6) is -0.665. The van der Waals surface area contributed by atoms with Crippen molar-refractivity contribution in [1.29, 1.82) is 0 Å². The molecule has 2 aromatic heterocycles. The molecule has 2 aromatic carbocycles. The minimum atomic E-state index is -1.26. The summed E-state index contributed by atoms with van der Waals surface area (Å²) in [6.07, 6.45) is 20.5. The molecule has 2 atom stereocenters. The second kappa shape index (κ2) is 30.8. The SMILES string of the molecule is C=CC(=O)OCCCCCCCCCCOc1ccc(-c2ccc(C(=O)O[C@H]3OCCO[C@@H]3OC(=O)c3ccc(-c4ccc(OCCCCCCCCCCOC(=O)C=C)cn4)cc3)cc2)nc1. The number of aromatic nitrogens is 2. The molecular formula is C54H66N2O12. The van der Waals surface area contributed by atoms with Crippen LogP contribution in [-0.2, 0) is 38.0 Å². The third-order valence-corrected chi connectivity index (χ3v) is 11.1. The van der Waals surface area contributed by atoms with Crippen molar-refractivity contribution in [2.24, 2.45) is 0 Å². The van der Waals surface area contributed by atoms with Crippen LogP contribution in [0.25, 0.3) is 22.5 Å². The molecule has 0 saturated carbocycles. The fraction of sp³-hybridized carbons (Fsp3) is 0.444. The average Bonchev–Trinajstić information content (AvgIpc) is 3.37. The molecule has 364 valence electrons. The Labute approximate surface area is 400 Å². The second-order valence-corrected chi connectivity index (χ2v) is 16.3. The van der Waals surface area contributed by atoms with Crippen molar-refractivity contribution in [3.8, 4) is 34.0 Å². The zero-order chi connectivity index (χ0) is 48.0. The van der Waals surface area contributed by atoms with Crippen molar-refractivity contribution in [2.75, 3.05) is 39.6 Å². The third kappa shape index (κ3) is 19.5. The normalized spacial score (nSPS) is 14.3. The number of rotatable bonds is 32. The minimum absolute atomic E-state index is 0.156. The highest BCUT2D eigenvalue weighted by Crippen LogP contribution is 2.24. The molecule has 0 aliphatic carbocycles. The molecule has 1 fully saturated rings. The van der Waals surface area contributed by atoms with Gasteiger partial charge in [-0.1, -0.05) is 114 Å². The van der Waals surface area contributed by atoms with Crippen molar-refractivity contribution in [1.82, 2.24) is 9.97 Å². The van der Waals surface area contributed by atoms with Crippen molar-refractivity contribution in [3.05, 3.63) is 122 Å². The first-order valence-corrected chi connectivity index (χ1v) is 23.9. The molecule has 0 unspecified atom stereocenters. The van der Waals surface area contributed by atoms with E-state index < -0.39 is 24.5 Å². The molecule has 0 bridgehead atoms. The lowest BCUT2D eigenvalue weighted by Gasteiger charge is -2.30. The minimum Gasteiger partial charge on any atom is -0.492 e. The first kappa shape index (κ1) is 52.6. The van der Waals surface area contributed by atoms with Gasteiger partial charge in [0.05, 0.1) is 74.5 Å². The number of carbonyl (C=O) groups is 4. The Kier molecular flexibility index (Phi) is 23.8. The smallest absolute Gasteiger partial charge is 0.340 e. The first-order valence-electron chi connectivity index (χ1n) is 23.9. The number of nitrogens with zero attached hydrogens (tertiary/aromatic N) is 2. The van der Waals surface area contributed by atoms with E-state index in [0.717, 1.165) is 99.6 Å². The van der Waals surface area contributed by atoms with Crippen LogP contribution in [0.15, 0.2) is 111 Å². The summed E-state index contributed by atoms with van der Waals surface area (Å²) >= 11 is 0. The fourth-order valence-electron chi connectivity index (χ4n) is 7.21. The van der Waals surface area contributed by atoms with Crippen LogP contribution in [0.3, 0.4) is 0 Å². The van der Waals surface area contributed by atoms with Crippen LogP contribution in [0.5, 0.6) is 11.5 Å². The van der Waals surface area contributed by atoms with Crippen molar-refractivity contribution in [3.63, 3.8) is 0 Å². The molecule has 1 saturated heterocycles. The first-order chi connectivity index (χ1) is 33.3. The highest BCUT2D eigenvalue weighted by molar-refractivity contribution is 5.91. The number of benzene rings is 2. The van der Waals surface area contributed by atoms with Crippen LogP contribution >= 0.6 is 0 Å². The van der Waals surface area contributed by atoms with E-state index in [1.54, 1.807) is 60.9 Å². The van der Waals surface area contributed by atoms with Gasteiger partial charge in [-0.15, -0.1) is 0 Å². The molecule has 14 heteroatoms. The van der Waals surface area contributed by atoms with Gasteiger partial charge in [0, 0.05) is 23.3 Å². The maximum Gasteiger partial charge on any atom is 0.340 e. The molecule has 0 N–H and O–H groups in total. The van der Waals surface area contributed by atoms with E-state index >= 15 is 0 Å². The molecule has 4 aromatic rings. The van der Waals surface area contributed by atoms with Crippen molar-refractivity contribution < 1.29 is 57.1 Å². The Bertz CT molecular complexity index is 1970. The van der Waals surface area contributed by atoms with Crippen LogP contribution in [0.1, 0.15) is 123 Å². The molecular weight excluding hydrogens is 869 g/mol. The zero-order valence-electron chi connectivity index (χ0n) is 39.2. The predicted molar refractivity (Wildman–Crippen MR) is 257 cm³/mol. The summed E-state index contributed by atoms with van der Waals surface area (Å²) < 4.78 is 44.3. The van der Waals surface area contributed by atoms with Gasteiger partial charge in [0.2, 0.25) is 0 Å². The number of esters is 4. The molecule has 3 heterocycles. The fourth-order valence-corrected chi connectivity index (χ4v) is 7.21. The molecule has 5 rings (SSSR count). The monoisotopic (exact) mass is 934 g/mol.